The van der Waals surface area contributed by atoms with Crippen molar-refractivity contribution in [2.75, 3.05) is 32.9 Å². The maximum Gasteiger partial charge on any atom is 0.317 e. The molecular weight excluding hydrogens is 312 g/mol. The fourth-order valence-corrected chi connectivity index (χ4v) is 3.46. The zero-order chi connectivity index (χ0) is 16.9. The fourth-order valence-electron chi connectivity index (χ4n) is 3.46. The highest BCUT2D eigenvalue weighted by Gasteiger charge is 2.37. The molecule has 2 saturated carbocycles. The van der Waals surface area contributed by atoms with E-state index in [2.05, 4.69) is 10.2 Å². The molecule has 0 bridgehead atoms. The number of rotatable bonds is 9. The maximum absolute atomic E-state index is 12.0. The van der Waals surface area contributed by atoms with E-state index in [0.29, 0.717) is 19.1 Å². The van der Waals surface area contributed by atoms with Crippen LogP contribution in [0, 0.1) is 5.92 Å². The third-order valence-corrected chi connectivity index (χ3v) is 5.14. The fraction of sp³-hybridized carbons (Fsp3) is 0.882. The topological polar surface area (TPSA) is 88.1 Å². The molecule has 7 nitrogen and oxygen atoms in total. The Morgan fingerprint density at radius 3 is 2.50 bits per heavy atom. The van der Waals surface area contributed by atoms with Gasteiger partial charge in [0.25, 0.3) is 0 Å². The van der Waals surface area contributed by atoms with Crippen molar-refractivity contribution in [2.45, 2.75) is 56.7 Å². The molecule has 0 spiro atoms. The van der Waals surface area contributed by atoms with Crippen molar-refractivity contribution in [1.29, 1.82) is 0 Å². The normalized spacial score (nSPS) is 27.7. The Bertz CT molecular complexity index is 442. The molecule has 2 N–H and O–H groups in total. The minimum absolute atomic E-state index is 0.0723. The van der Waals surface area contributed by atoms with Crippen LogP contribution in [0.25, 0.3) is 0 Å². The maximum atomic E-state index is 12.0. The van der Waals surface area contributed by atoms with Crippen LogP contribution in [0.15, 0.2) is 0 Å². The largest absolute Gasteiger partial charge is 0.480 e. The Labute approximate surface area is 142 Å². The number of amides is 1. The number of carbonyl (C=O) groups excluding carboxylic acids is 1. The summed E-state index contributed by atoms with van der Waals surface area (Å²) in [5.74, 6) is -0.171. The molecule has 1 amide bonds. The quantitative estimate of drug-likeness (QED) is 0.640. The van der Waals surface area contributed by atoms with Gasteiger partial charge in [-0.05, 0) is 44.4 Å². The van der Waals surface area contributed by atoms with Crippen LogP contribution < -0.4 is 5.32 Å². The van der Waals surface area contributed by atoms with E-state index >= 15 is 0 Å². The van der Waals surface area contributed by atoms with Crippen molar-refractivity contribution < 1.29 is 24.2 Å². The SMILES string of the molecule is O=C(O)CN(CC1CC1)C1CC(NC(=O)COC2CCOCC2)C1. The number of carboxylic acid groups (broad SMARTS) is 1. The van der Waals surface area contributed by atoms with Gasteiger partial charge in [0.2, 0.25) is 5.91 Å². The van der Waals surface area contributed by atoms with Crippen LogP contribution in [0.1, 0.15) is 38.5 Å². The summed E-state index contributed by atoms with van der Waals surface area (Å²) in [5.41, 5.74) is 0. The van der Waals surface area contributed by atoms with Gasteiger partial charge in [-0.15, -0.1) is 0 Å². The van der Waals surface area contributed by atoms with Crippen LogP contribution in [-0.2, 0) is 19.1 Å². The van der Waals surface area contributed by atoms with Crippen molar-refractivity contribution in [1.82, 2.24) is 10.2 Å². The Morgan fingerprint density at radius 1 is 1.17 bits per heavy atom. The lowest BCUT2D eigenvalue weighted by Gasteiger charge is -2.42. The minimum atomic E-state index is -0.770. The Kier molecular flexibility index (Phi) is 6.08. The van der Waals surface area contributed by atoms with E-state index in [-0.39, 0.29) is 37.2 Å². The molecule has 0 aromatic heterocycles. The average Bonchev–Trinajstić information content (AvgIpc) is 3.32. The van der Waals surface area contributed by atoms with Gasteiger partial charge < -0.3 is 19.9 Å². The number of aliphatic carboxylic acids is 1. The number of nitrogens with one attached hydrogen (secondary N) is 1. The summed E-state index contributed by atoms with van der Waals surface area (Å²) in [4.78, 5) is 25.0. The molecule has 3 rings (SSSR count). The Morgan fingerprint density at radius 2 is 1.88 bits per heavy atom. The van der Waals surface area contributed by atoms with Gasteiger partial charge in [0.1, 0.15) is 6.61 Å². The molecule has 0 aromatic carbocycles. The summed E-state index contributed by atoms with van der Waals surface area (Å²) >= 11 is 0. The van der Waals surface area contributed by atoms with Gasteiger partial charge in [-0.25, -0.2) is 0 Å². The molecule has 3 fully saturated rings. The van der Waals surface area contributed by atoms with E-state index in [0.717, 1.165) is 32.2 Å². The molecule has 3 aliphatic rings. The molecule has 0 aromatic rings. The van der Waals surface area contributed by atoms with E-state index in [9.17, 15) is 9.59 Å². The molecule has 24 heavy (non-hydrogen) atoms. The van der Waals surface area contributed by atoms with Gasteiger partial charge in [0.05, 0.1) is 12.6 Å². The van der Waals surface area contributed by atoms with E-state index < -0.39 is 5.97 Å². The number of ether oxygens (including phenoxy) is 2. The predicted molar refractivity (Wildman–Crippen MR) is 86.7 cm³/mol. The lowest BCUT2D eigenvalue weighted by atomic mass is 9.85. The van der Waals surface area contributed by atoms with Crippen molar-refractivity contribution in [3.8, 4) is 0 Å². The summed E-state index contributed by atoms with van der Waals surface area (Å²) in [6.07, 6.45) is 5.93. The predicted octanol–water partition coefficient (Wildman–Crippen LogP) is 0.626. The van der Waals surface area contributed by atoms with Gasteiger partial charge >= 0.3 is 5.97 Å². The standard InChI is InChI=1S/C17H28N2O5/c20-16(11-24-15-3-5-23-6-4-15)18-13-7-14(8-13)19(10-17(21)22)9-12-1-2-12/h12-15H,1-11H2,(H,18,20)(H,21,22). The summed E-state index contributed by atoms with van der Waals surface area (Å²) in [7, 11) is 0. The van der Waals surface area contributed by atoms with Gasteiger partial charge in [0, 0.05) is 31.8 Å². The van der Waals surface area contributed by atoms with Gasteiger partial charge in [-0.1, -0.05) is 0 Å². The van der Waals surface area contributed by atoms with Crippen molar-refractivity contribution in [3.05, 3.63) is 0 Å². The van der Waals surface area contributed by atoms with E-state index in [1.54, 1.807) is 0 Å². The van der Waals surface area contributed by atoms with E-state index in [1.807, 2.05) is 0 Å². The highest BCUT2D eigenvalue weighted by Crippen LogP contribution is 2.33. The number of carbonyl (C=O) groups is 2. The Hall–Kier alpha value is -1.18. The highest BCUT2D eigenvalue weighted by atomic mass is 16.5. The average molecular weight is 340 g/mol. The van der Waals surface area contributed by atoms with Crippen molar-refractivity contribution in [2.24, 2.45) is 5.92 Å². The Balaban J connectivity index is 1.32. The van der Waals surface area contributed by atoms with Crippen LogP contribution in [0.3, 0.4) is 0 Å². The van der Waals surface area contributed by atoms with Gasteiger partial charge in [0.15, 0.2) is 0 Å². The second-order valence-corrected chi connectivity index (χ2v) is 7.28. The number of hydrogen-bond acceptors (Lipinski definition) is 5. The second kappa shape index (κ2) is 8.27. The third kappa shape index (κ3) is 5.43. The molecule has 1 saturated heterocycles. The van der Waals surface area contributed by atoms with Crippen molar-refractivity contribution in [3.63, 3.8) is 0 Å². The molecule has 2 aliphatic carbocycles. The number of nitrogens with zero attached hydrogens (tertiary/aromatic N) is 1. The first-order valence-electron chi connectivity index (χ1n) is 9.04. The van der Waals surface area contributed by atoms with Crippen LogP contribution in [0.2, 0.25) is 0 Å². The van der Waals surface area contributed by atoms with Crippen LogP contribution in [-0.4, -0.2) is 73.0 Å². The van der Waals surface area contributed by atoms with Crippen LogP contribution in [0.5, 0.6) is 0 Å². The molecule has 0 unspecified atom stereocenters. The summed E-state index contributed by atoms with van der Waals surface area (Å²) in [5, 5.41) is 12.0. The minimum Gasteiger partial charge on any atom is -0.480 e. The number of hydrogen-bond donors (Lipinski definition) is 2. The van der Waals surface area contributed by atoms with E-state index in [1.165, 1.54) is 12.8 Å². The summed E-state index contributed by atoms with van der Waals surface area (Å²) in [6, 6.07) is 0.430. The zero-order valence-corrected chi connectivity index (χ0v) is 14.1. The van der Waals surface area contributed by atoms with Crippen LogP contribution >= 0.6 is 0 Å². The monoisotopic (exact) mass is 340 g/mol. The lowest BCUT2D eigenvalue weighted by Crippen LogP contribution is -2.55. The molecule has 136 valence electrons. The molecule has 0 atom stereocenters. The van der Waals surface area contributed by atoms with Crippen LogP contribution in [0.4, 0.5) is 0 Å². The van der Waals surface area contributed by atoms with Gasteiger partial charge in [-0.2, -0.15) is 0 Å². The first-order chi connectivity index (χ1) is 11.6. The third-order valence-electron chi connectivity index (χ3n) is 5.14. The zero-order valence-electron chi connectivity index (χ0n) is 14.1. The molecular formula is C17H28N2O5. The number of carboxylic acids is 1. The molecule has 1 heterocycles. The van der Waals surface area contributed by atoms with Crippen molar-refractivity contribution >= 4 is 11.9 Å². The summed E-state index contributed by atoms with van der Waals surface area (Å²) in [6.45, 7) is 2.50. The summed E-state index contributed by atoms with van der Waals surface area (Å²) < 4.78 is 10.9. The van der Waals surface area contributed by atoms with E-state index in [4.69, 9.17) is 14.6 Å². The first-order valence-corrected chi connectivity index (χ1v) is 9.04. The molecule has 0 radical (unpaired) electrons. The highest BCUT2D eigenvalue weighted by molar-refractivity contribution is 5.77. The smallest absolute Gasteiger partial charge is 0.317 e. The van der Waals surface area contributed by atoms with Gasteiger partial charge in [-0.3, -0.25) is 14.5 Å². The molecule has 7 heteroatoms. The first kappa shape index (κ1) is 17.6. The lowest BCUT2D eigenvalue weighted by molar-refractivity contribution is -0.140. The second-order valence-electron chi connectivity index (χ2n) is 7.28. The molecule has 1 aliphatic heterocycles.